The molecule has 1 N–H and O–H groups in total. The SMILES string of the molecule is Cn1c(S(C)(=O)=O)nc(C(=O)O)c1C(C)(C)C. The van der Waals surface area contributed by atoms with Crippen molar-refractivity contribution in [1.29, 1.82) is 0 Å². The van der Waals surface area contributed by atoms with Crippen molar-refractivity contribution in [3.05, 3.63) is 11.4 Å². The van der Waals surface area contributed by atoms with Gasteiger partial charge in [-0.05, 0) is 0 Å². The summed E-state index contributed by atoms with van der Waals surface area (Å²) in [5.41, 5.74) is -0.316. The summed E-state index contributed by atoms with van der Waals surface area (Å²) in [6.45, 7) is 5.42. The summed E-state index contributed by atoms with van der Waals surface area (Å²) in [6, 6.07) is 0. The molecule has 0 bridgehead atoms. The standard InChI is InChI=1S/C10H16N2O4S/c1-10(2,3)7-6(8(13)14)11-9(12(7)4)17(5,15)16/h1-5H3,(H,13,14). The highest BCUT2D eigenvalue weighted by Gasteiger charge is 2.31. The smallest absolute Gasteiger partial charge is 0.356 e. The lowest BCUT2D eigenvalue weighted by Gasteiger charge is -2.20. The molecule has 1 rings (SSSR count). The molecule has 6 nitrogen and oxygen atoms in total. The molecular weight excluding hydrogens is 244 g/mol. The molecule has 0 fully saturated rings. The predicted octanol–water partition coefficient (Wildman–Crippen LogP) is 0.819. The van der Waals surface area contributed by atoms with Crippen molar-refractivity contribution in [2.75, 3.05) is 6.26 Å². The van der Waals surface area contributed by atoms with Gasteiger partial charge in [-0.2, -0.15) is 0 Å². The molecule has 0 amide bonds. The number of sulfone groups is 1. The van der Waals surface area contributed by atoms with Gasteiger partial charge in [-0.15, -0.1) is 0 Å². The van der Waals surface area contributed by atoms with Gasteiger partial charge in [-0.1, -0.05) is 20.8 Å². The van der Waals surface area contributed by atoms with Crippen molar-refractivity contribution in [2.45, 2.75) is 31.3 Å². The van der Waals surface area contributed by atoms with Crippen molar-refractivity contribution in [1.82, 2.24) is 9.55 Å². The maximum absolute atomic E-state index is 11.5. The molecule has 96 valence electrons. The average molecular weight is 260 g/mol. The number of nitrogens with zero attached hydrogens (tertiary/aromatic N) is 2. The van der Waals surface area contributed by atoms with Crippen LogP contribution in [0.1, 0.15) is 37.0 Å². The van der Waals surface area contributed by atoms with Gasteiger partial charge in [-0.3, -0.25) is 0 Å². The van der Waals surface area contributed by atoms with Crippen LogP contribution in [-0.4, -0.2) is 35.3 Å². The van der Waals surface area contributed by atoms with Crippen LogP contribution in [0, 0.1) is 0 Å². The van der Waals surface area contributed by atoms with Crippen molar-refractivity contribution in [3.8, 4) is 0 Å². The van der Waals surface area contributed by atoms with E-state index in [1.807, 2.05) is 20.8 Å². The molecule has 0 radical (unpaired) electrons. The van der Waals surface area contributed by atoms with E-state index in [0.29, 0.717) is 5.69 Å². The molecule has 0 aromatic carbocycles. The van der Waals surface area contributed by atoms with Crippen LogP contribution in [0.3, 0.4) is 0 Å². The van der Waals surface area contributed by atoms with Crippen molar-refractivity contribution >= 4 is 15.8 Å². The second-order valence-electron chi connectivity index (χ2n) is 4.98. The molecule has 1 aromatic heterocycles. The highest BCUT2D eigenvalue weighted by atomic mass is 32.2. The molecule has 0 atom stereocenters. The van der Waals surface area contributed by atoms with E-state index in [1.165, 1.54) is 11.6 Å². The molecule has 0 unspecified atom stereocenters. The third kappa shape index (κ3) is 2.49. The number of imidazole rings is 1. The van der Waals surface area contributed by atoms with Gasteiger partial charge in [0, 0.05) is 18.7 Å². The third-order valence-corrected chi connectivity index (χ3v) is 3.33. The predicted molar refractivity (Wildman–Crippen MR) is 62.0 cm³/mol. The number of aromatic nitrogens is 2. The first-order valence-electron chi connectivity index (χ1n) is 4.97. The zero-order valence-electron chi connectivity index (χ0n) is 10.5. The minimum Gasteiger partial charge on any atom is -0.476 e. The van der Waals surface area contributed by atoms with Crippen LogP contribution in [0.15, 0.2) is 5.16 Å². The summed E-state index contributed by atoms with van der Waals surface area (Å²) in [7, 11) is -2.03. The highest BCUT2D eigenvalue weighted by molar-refractivity contribution is 7.90. The molecule has 1 aromatic rings. The van der Waals surface area contributed by atoms with Crippen LogP contribution in [0.4, 0.5) is 0 Å². The average Bonchev–Trinajstić information content (AvgIpc) is 2.40. The largest absolute Gasteiger partial charge is 0.476 e. The Morgan fingerprint density at radius 1 is 1.35 bits per heavy atom. The second-order valence-corrected chi connectivity index (χ2v) is 6.89. The zero-order chi connectivity index (χ0) is 13.6. The summed E-state index contributed by atoms with van der Waals surface area (Å²) in [5.74, 6) is -1.22. The normalized spacial score (nSPS) is 12.8. The summed E-state index contributed by atoms with van der Waals surface area (Å²) < 4.78 is 24.3. The summed E-state index contributed by atoms with van der Waals surface area (Å²) in [6.07, 6.45) is 1.01. The van der Waals surface area contributed by atoms with Gasteiger partial charge in [0.05, 0.1) is 5.69 Å². The van der Waals surface area contributed by atoms with E-state index in [9.17, 15) is 13.2 Å². The van der Waals surface area contributed by atoms with Crippen molar-refractivity contribution in [3.63, 3.8) is 0 Å². The quantitative estimate of drug-likeness (QED) is 0.850. The third-order valence-electron chi connectivity index (χ3n) is 2.30. The first-order valence-corrected chi connectivity index (χ1v) is 6.86. The fourth-order valence-corrected chi connectivity index (χ4v) is 2.66. The van der Waals surface area contributed by atoms with E-state index in [4.69, 9.17) is 5.11 Å². The first kappa shape index (κ1) is 13.7. The van der Waals surface area contributed by atoms with E-state index < -0.39 is 21.2 Å². The number of carboxylic acids is 1. The van der Waals surface area contributed by atoms with Crippen LogP contribution in [0.25, 0.3) is 0 Å². The number of aromatic carboxylic acids is 1. The van der Waals surface area contributed by atoms with Gasteiger partial charge >= 0.3 is 5.97 Å². The summed E-state index contributed by atoms with van der Waals surface area (Å²) >= 11 is 0. The number of hydrogen-bond donors (Lipinski definition) is 1. The number of hydrogen-bond acceptors (Lipinski definition) is 4. The molecule has 0 saturated heterocycles. The number of rotatable bonds is 2. The van der Waals surface area contributed by atoms with Gasteiger partial charge in [0.1, 0.15) is 0 Å². The monoisotopic (exact) mass is 260 g/mol. The van der Waals surface area contributed by atoms with Crippen LogP contribution in [0.2, 0.25) is 0 Å². The summed E-state index contributed by atoms with van der Waals surface area (Å²) in [4.78, 5) is 14.8. The molecular formula is C10H16N2O4S. The van der Waals surface area contributed by atoms with Gasteiger partial charge in [0.15, 0.2) is 5.69 Å². The van der Waals surface area contributed by atoms with Crippen LogP contribution in [-0.2, 0) is 22.3 Å². The van der Waals surface area contributed by atoms with Gasteiger partial charge < -0.3 is 9.67 Å². The fourth-order valence-electron chi connectivity index (χ4n) is 1.82. The Labute approximate surface area is 100 Å². The molecule has 17 heavy (non-hydrogen) atoms. The fraction of sp³-hybridized carbons (Fsp3) is 0.600. The van der Waals surface area contributed by atoms with E-state index in [-0.39, 0.29) is 10.9 Å². The molecule has 0 aliphatic rings. The topological polar surface area (TPSA) is 89.3 Å². The van der Waals surface area contributed by atoms with E-state index in [1.54, 1.807) is 0 Å². The van der Waals surface area contributed by atoms with Crippen LogP contribution in [0.5, 0.6) is 0 Å². The lowest BCUT2D eigenvalue weighted by molar-refractivity contribution is 0.0687. The van der Waals surface area contributed by atoms with Crippen LogP contribution < -0.4 is 0 Å². The van der Waals surface area contributed by atoms with Gasteiger partial charge in [0.2, 0.25) is 15.0 Å². The highest BCUT2D eigenvalue weighted by Crippen LogP contribution is 2.27. The zero-order valence-corrected chi connectivity index (χ0v) is 11.3. The lowest BCUT2D eigenvalue weighted by Crippen LogP contribution is -2.20. The Morgan fingerprint density at radius 3 is 2.06 bits per heavy atom. The minimum atomic E-state index is -3.54. The Kier molecular flexibility index (Phi) is 3.09. The Balaban J connectivity index is 3.71. The molecule has 0 aliphatic heterocycles. The lowest BCUT2D eigenvalue weighted by atomic mass is 9.90. The van der Waals surface area contributed by atoms with Crippen molar-refractivity contribution < 1.29 is 18.3 Å². The molecule has 1 heterocycles. The Hall–Kier alpha value is -1.37. The first-order chi connectivity index (χ1) is 7.46. The van der Waals surface area contributed by atoms with Gasteiger partial charge in [-0.25, -0.2) is 18.2 Å². The van der Waals surface area contributed by atoms with E-state index in [2.05, 4.69) is 4.98 Å². The minimum absolute atomic E-state index is 0.208. The van der Waals surface area contributed by atoms with E-state index in [0.717, 1.165) is 6.26 Å². The molecule has 0 spiro atoms. The Morgan fingerprint density at radius 2 is 1.82 bits per heavy atom. The maximum Gasteiger partial charge on any atom is 0.356 e. The second kappa shape index (κ2) is 3.83. The van der Waals surface area contributed by atoms with E-state index >= 15 is 0 Å². The number of carboxylic acid groups (broad SMARTS) is 1. The molecule has 0 saturated carbocycles. The maximum atomic E-state index is 11.5. The van der Waals surface area contributed by atoms with Gasteiger partial charge in [0.25, 0.3) is 0 Å². The summed E-state index contributed by atoms with van der Waals surface area (Å²) in [5, 5.41) is 8.84. The molecule has 7 heteroatoms. The number of carbonyl (C=O) groups is 1. The van der Waals surface area contributed by atoms with Crippen molar-refractivity contribution in [2.24, 2.45) is 7.05 Å². The molecule has 0 aliphatic carbocycles. The Bertz CT molecular complexity index is 564. The van der Waals surface area contributed by atoms with Crippen LogP contribution >= 0.6 is 0 Å².